The summed E-state index contributed by atoms with van der Waals surface area (Å²) in [7, 11) is 0. The van der Waals surface area contributed by atoms with Crippen LogP contribution in [0.25, 0.3) is 10.9 Å². The molecule has 0 radical (unpaired) electrons. The molecule has 0 aliphatic heterocycles. The maximum absolute atomic E-state index is 14.3. The molecule has 2 heterocycles. The number of carbonyl (C=O) groups is 1. The molecule has 3 rings (SSSR count). The van der Waals surface area contributed by atoms with Crippen LogP contribution < -0.4 is 5.73 Å². The highest BCUT2D eigenvalue weighted by molar-refractivity contribution is 5.98. The lowest BCUT2D eigenvalue weighted by Crippen LogP contribution is -2.18. The van der Waals surface area contributed by atoms with Crippen LogP contribution in [0.5, 0.6) is 0 Å². The summed E-state index contributed by atoms with van der Waals surface area (Å²) >= 11 is 0. The molecule has 4 nitrogen and oxygen atoms in total. The fourth-order valence-electron chi connectivity index (χ4n) is 2.34. The lowest BCUT2D eigenvalue weighted by atomic mass is 10.2. The average Bonchev–Trinajstić information content (AvgIpc) is 2.74. The second-order valence-electron chi connectivity index (χ2n) is 4.49. The van der Waals surface area contributed by atoms with E-state index < -0.39 is 11.7 Å². The first-order valence-corrected chi connectivity index (χ1v) is 6.14. The van der Waals surface area contributed by atoms with Crippen molar-refractivity contribution in [3.8, 4) is 0 Å². The fraction of sp³-hybridized carbons (Fsp3) is 0.0667. The molecule has 0 saturated heterocycles. The van der Waals surface area contributed by atoms with Crippen molar-refractivity contribution in [1.29, 1.82) is 0 Å². The summed E-state index contributed by atoms with van der Waals surface area (Å²) < 4.78 is 15.9. The summed E-state index contributed by atoms with van der Waals surface area (Å²) in [5.74, 6) is -1.34. The molecule has 0 aliphatic carbocycles. The van der Waals surface area contributed by atoms with Crippen LogP contribution in [-0.2, 0) is 6.54 Å². The van der Waals surface area contributed by atoms with Crippen molar-refractivity contribution in [1.82, 2.24) is 9.55 Å². The van der Waals surface area contributed by atoms with E-state index in [0.29, 0.717) is 17.4 Å². The Hall–Kier alpha value is -2.69. The number of nitrogens with two attached hydrogens (primary N) is 1. The molecule has 2 aromatic heterocycles. The first-order valence-electron chi connectivity index (χ1n) is 6.14. The second kappa shape index (κ2) is 4.77. The lowest BCUT2D eigenvalue weighted by Gasteiger charge is -2.08. The molecular formula is C15H12FN3O. The summed E-state index contributed by atoms with van der Waals surface area (Å²) in [5.41, 5.74) is 6.79. The van der Waals surface area contributed by atoms with E-state index in [2.05, 4.69) is 4.98 Å². The van der Waals surface area contributed by atoms with E-state index in [1.807, 2.05) is 12.1 Å². The zero-order chi connectivity index (χ0) is 14.1. The maximum Gasteiger partial charge on any atom is 0.268 e. The predicted molar refractivity (Wildman–Crippen MR) is 73.8 cm³/mol. The van der Waals surface area contributed by atoms with Crippen molar-refractivity contribution < 1.29 is 9.18 Å². The Morgan fingerprint density at radius 3 is 2.60 bits per heavy atom. The van der Waals surface area contributed by atoms with Crippen molar-refractivity contribution in [2.45, 2.75) is 6.54 Å². The Morgan fingerprint density at radius 2 is 1.90 bits per heavy atom. The fourth-order valence-corrected chi connectivity index (χ4v) is 2.34. The van der Waals surface area contributed by atoms with Gasteiger partial charge < -0.3 is 10.3 Å². The van der Waals surface area contributed by atoms with Gasteiger partial charge in [-0.3, -0.25) is 9.78 Å². The molecule has 1 amide bonds. The van der Waals surface area contributed by atoms with E-state index in [1.54, 1.807) is 41.2 Å². The molecule has 1 aromatic carbocycles. The van der Waals surface area contributed by atoms with Crippen LogP contribution in [-0.4, -0.2) is 15.5 Å². The van der Waals surface area contributed by atoms with Gasteiger partial charge in [-0.15, -0.1) is 0 Å². The number of carbonyl (C=O) groups excluding carboxylic acids is 1. The average molecular weight is 269 g/mol. The lowest BCUT2D eigenvalue weighted by molar-refractivity contribution is 0.0988. The van der Waals surface area contributed by atoms with E-state index >= 15 is 0 Å². The highest BCUT2D eigenvalue weighted by atomic mass is 19.1. The number of pyridine rings is 1. The third-order valence-electron chi connectivity index (χ3n) is 3.23. The number of para-hydroxylation sites is 1. The third-order valence-corrected chi connectivity index (χ3v) is 3.23. The molecule has 0 bridgehead atoms. The smallest absolute Gasteiger partial charge is 0.268 e. The predicted octanol–water partition coefficient (Wildman–Crippen LogP) is 2.32. The Kier molecular flexibility index (Phi) is 2.95. The van der Waals surface area contributed by atoms with Crippen molar-refractivity contribution >= 4 is 16.8 Å². The number of hydrogen-bond donors (Lipinski definition) is 1. The minimum absolute atomic E-state index is 0.0944. The van der Waals surface area contributed by atoms with Crippen LogP contribution in [0.4, 0.5) is 4.39 Å². The number of benzene rings is 1. The Bertz CT molecular complexity index is 780. The van der Waals surface area contributed by atoms with Gasteiger partial charge in [0.05, 0.1) is 5.52 Å². The van der Waals surface area contributed by atoms with Gasteiger partial charge in [-0.05, 0) is 29.8 Å². The standard InChI is InChI=1S/C15H12FN3O/c16-13-11-3-1-2-4-12(11)19(14(13)15(17)20)9-10-5-7-18-8-6-10/h1-8H,9H2,(H2,17,20). The Labute approximate surface area is 114 Å². The zero-order valence-corrected chi connectivity index (χ0v) is 10.6. The topological polar surface area (TPSA) is 60.9 Å². The number of nitrogens with zero attached hydrogens (tertiary/aromatic N) is 2. The first-order chi connectivity index (χ1) is 9.68. The van der Waals surface area contributed by atoms with Gasteiger partial charge in [0.25, 0.3) is 5.91 Å². The molecule has 0 fully saturated rings. The molecule has 2 N–H and O–H groups in total. The Balaban J connectivity index is 2.22. The number of fused-ring (bicyclic) bond motifs is 1. The highest BCUT2D eigenvalue weighted by Crippen LogP contribution is 2.25. The van der Waals surface area contributed by atoms with Crippen LogP contribution in [0, 0.1) is 5.82 Å². The van der Waals surface area contributed by atoms with Gasteiger partial charge >= 0.3 is 0 Å². The minimum Gasteiger partial charge on any atom is -0.364 e. The summed E-state index contributed by atoms with van der Waals surface area (Å²) in [6.45, 7) is 0.366. The SMILES string of the molecule is NC(=O)c1c(F)c2ccccc2n1Cc1ccncc1. The van der Waals surface area contributed by atoms with Gasteiger partial charge in [0.1, 0.15) is 5.69 Å². The summed E-state index contributed by atoms with van der Waals surface area (Å²) in [5, 5.41) is 0.398. The summed E-state index contributed by atoms with van der Waals surface area (Å²) in [6.07, 6.45) is 3.31. The van der Waals surface area contributed by atoms with Gasteiger partial charge in [-0.2, -0.15) is 0 Å². The molecule has 0 atom stereocenters. The number of rotatable bonds is 3. The summed E-state index contributed by atoms with van der Waals surface area (Å²) in [6, 6.07) is 10.6. The van der Waals surface area contributed by atoms with E-state index in [-0.39, 0.29) is 5.69 Å². The number of halogens is 1. The van der Waals surface area contributed by atoms with Crippen LogP contribution in [0.15, 0.2) is 48.8 Å². The molecule has 20 heavy (non-hydrogen) atoms. The number of hydrogen-bond acceptors (Lipinski definition) is 2. The zero-order valence-electron chi connectivity index (χ0n) is 10.6. The molecular weight excluding hydrogens is 257 g/mol. The molecule has 5 heteroatoms. The van der Waals surface area contributed by atoms with Crippen LogP contribution in [0.1, 0.15) is 16.1 Å². The van der Waals surface area contributed by atoms with Gasteiger partial charge in [-0.1, -0.05) is 12.1 Å². The highest BCUT2D eigenvalue weighted by Gasteiger charge is 2.20. The minimum atomic E-state index is -0.771. The van der Waals surface area contributed by atoms with Gasteiger partial charge in [0.2, 0.25) is 0 Å². The van der Waals surface area contributed by atoms with E-state index in [1.165, 1.54) is 0 Å². The van der Waals surface area contributed by atoms with Gasteiger partial charge in [0, 0.05) is 24.3 Å². The molecule has 0 saturated carbocycles. The van der Waals surface area contributed by atoms with E-state index in [4.69, 9.17) is 5.73 Å². The first kappa shape index (κ1) is 12.3. The summed E-state index contributed by atoms with van der Waals surface area (Å²) in [4.78, 5) is 15.5. The van der Waals surface area contributed by atoms with Crippen LogP contribution in [0.3, 0.4) is 0 Å². The number of amides is 1. The quantitative estimate of drug-likeness (QED) is 0.793. The third kappa shape index (κ3) is 1.93. The molecule has 100 valence electrons. The van der Waals surface area contributed by atoms with Crippen LogP contribution in [0.2, 0.25) is 0 Å². The largest absolute Gasteiger partial charge is 0.364 e. The van der Waals surface area contributed by atoms with Crippen molar-refractivity contribution in [3.63, 3.8) is 0 Å². The van der Waals surface area contributed by atoms with Crippen LogP contribution >= 0.6 is 0 Å². The number of primary amides is 1. The van der Waals surface area contributed by atoms with Gasteiger partial charge in [0.15, 0.2) is 5.82 Å². The van der Waals surface area contributed by atoms with E-state index in [0.717, 1.165) is 5.56 Å². The monoisotopic (exact) mass is 269 g/mol. The maximum atomic E-state index is 14.3. The van der Waals surface area contributed by atoms with Crippen molar-refractivity contribution in [2.75, 3.05) is 0 Å². The number of aromatic nitrogens is 2. The van der Waals surface area contributed by atoms with E-state index in [9.17, 15) is 9.18 Å². The molecule has 0 aliphatic rings. The molecule has 0 spiro atoms. The van der Waals surface area contributed by atoms with Crippen molar-refractivity contribution in [2.24, 2.45) is 5.73 Å². The Morgan fingerprint density at radius 1 is 1.20 bits per heavy atom. The normalized spacial score (nSPS) is 10.8. The second-order valence-corrected chi connectivity index (χ2v) is 4.49. The molecule has 0 unspecified atom stereocenters. The van der Waals surface area contributed by atoms with Gasteiger partial charge in [-0.25, -0.2) is 4.39 Å². The molecule has 3 aromatic rings. The van der Waals surface area contributed by atoms with Crippen molar-refractivity contribution in [3.05, 3.63) is 65.9 Å².